The molecule has 1 atom stereocenters. The van der Waals surface area contributed by atoms with Gasteiger partial charge in [0.2, 0.25) is 5.91 Å². The zero-order chi connectivity index (χ0) is 23.9. The van der Waals surface area contributed by atoms with Gasteiger partial charge in [0.1, 0.15) is 6.04 Å². The fourth-order valence-electron chi connectivity index (χ4n) is 4.40. The average Bonchev–Trinajstić information content (AvgIpc) is 3.64. The first kappa shape index (κ1) is 23.9. The Balaban J connectivity index is 1.63. The second-order valence-electron chi connectivity index (χ2n) is 8.32. The van der Waals surface area contributed by atoms with E-state index in [4.69, 9.17) is 13.9 Å². The standard InChI is InChI=1S/C26H30N2O5S/c1-31-20-12-11-18(17-22(20)32-2)13-14-28(26(30)21-9-5-15-33-21)24(23-10-6-16-34-23)25(29)27-19-7-3-4-8-19/h5-6,9-12,15-17,19,24H,3-4,7-8,13-14H2,1-2H3,(H,27,29). The first-order chi connectivity index (χ1) is 16.6. The van der Waals surface area contributed by atoms with Crippen molar-refractivity contribution >= 4 is 23.2 Å². The SMILES string of the molecule is COc1ccc(CCN(C(=O)c2ccco2)C(C(=O)NC2CCCC2)c2cccs2)cc1OC. The number of ether oxygens (including phenoxy) is 2. The molecule has 1 unspecified atom stereocenters. The van der Waals surface area contributed by atoms with Crippen LogP contribution in [0.15, 0.2) is 58.5 Å². The molecule has 1 saturated carbocycles. The summed E-state index contributed by atoms with van der Waals surface area (Å²) in [6.07, 6.45) is 6.18. The van der Waals surface area contributed by atoms with Crippen LogP contribution in [0.2, 0.25) is 0 Å². The largest absolute Gasteiger partial charge is 0.493 e. The van der Waals surface area contributed by atoms with Gasteiger partial charge in [-0.25, -0.2) is 0 Å². The van der Waals surface area contributed by atoms with E-state index >= 15 is 0 Å². The third kappa shape index (κ3) is 5.44. The van der Waals surface area contributed by atoms with Crippen molar-refractivity contribution in [1.82, 2.24) is 10.2 Å². The van der Waals surface area contributed by atoms with Crippen LogP contribution in [0.25, 0.3) is 0 Å². The molecular formula is C26H30N2O5S. The highest BCUT2D eigenvalue weighted by molar-refractivity contribution is 7.10. The van der Waals surface area contributed by atoms with E-state index in [-0.39, 0.29) is 23.6 Å². The predicted octanol–water partition coefficient (Wildman–Crippen LogP) is 4.84. The lowest BCUT2D eigenvalue weighted by molar-refractivity contribution is -0.126. The summed E-state index contributed by atoms with van der Waals surface area (Å²) in [6, 6.07) is 12.2. The summed E-state index contributed by atoms with van der Waals surface area (Å²) in [4.78, 5) is 29.5. The third-order valence-corrected chi connectivity index (χ3v) is 7.08. The summed E-state index contributed by atoms with van der Waals surface area (Å²) in [5.41, 5.74) is 0.969. The molecule has 180 valence electrons. The highest BCUT2D eigenvalue weighted by Gasteiger charge is 2.35. The minimum Gasteiger partial charge on any atom is -0.493 e. The van der Waals surface area contributed by atoms with E-state index in [1.54, 1.807) is 31.3 Å². The van der Waals surface area contributed by atoms with Crippen LogP contribution in [0.5, 0.6) is 11.5 Å². The van der Waals surface area contributed by atoms with Crippen LogP contribution in [0, 0.1) is 0 Å². The highest BCUT2D eigenvalue weighted by atomic mass is 32.1. The first-order valence-corrected chi connectivity index (χ1v) is 12.4. The molecule has 1 fully saturated rings. The number of hydrogen-bond donors (Lipinski definition) is 1. The fraction of sp³-hybridized carbons (Fsp3) is 0.385. The summed E-state index contributed by atoms with van der Waals surface area (Å²) in [7, 11) is 3.18. The van der Waals surface area contributed by atoms with Crippen LogP contribution in [-0.2, 0) is 11.2 Å². The molecule has 0 bridgehead atoms. The highest BCUT2D eigenvalue weighted by Crippen LogP contribution is 2.31. The number of carbonyl (C=O) groups excluding carboxylic acids is 2. The minimum atomic E-state index is -0.738. The molecule has 1 aliphatic carbocycles. The van der Waals surface area contributed by atoms with E-state index < -0.39 is 6.04 Å². The van der Waals surface area contributed by atoms with Crippen LogP contribution in [0.3, 0.4) is 0 Å². The van der Waals surface area contributed by atoms with Gasteiger partial charge in [-0.15, -0.1) is 11.3 Å². The number of methoxy groups -OCH3 is 2. The molecule has 0 saturated heterocycles. The Kier molecular flexibility index (Phi) is 7.90. The van der Waals surface area contributed by atoms with Gasteiger partial charge in [0.25, 0.3) is 5.91 Å². The van der Waals surface area contributed by atoms with Crippen molar-refractivity contribution < 1.29 is 23.5 Å². The quantitative estimate of drug-likeness (QED) is 0.447. The van der Waals surface area contributed by atoms with Crippen molar-refractivity contribution in [1.29, 1.82) is 0 Å². The summed E-state index contributed by atoms with van der Waals surface area (Å²) in [5, 5.41) is 5.11. The molecule has 7 nitrogen and oxygen atoms in total. The lowest BCUT2D eigenvalue weighted by atomic mass is 10.1. The van der Waals surface area contributed by atoms with Crippen LogP contribution >= 0.6 is 11.3 Å². The Bertz CT molecular complexity index is 1070. The number of hydrogen-bond acceptors (Lipinski definition) is 6. The molecule has 0 spiro atoms. The number of furan rings is 1. The Hall–Kier alpha value is -3.26. The van der Waals surface area contributed by atoms with Gasteiger partial charge in [-0.1, -0.05) is 25.0 Å². The molecule has 2 amide bonds. The summed E-state index contributed by atoms with van der Waals surface area (Å²) in [5.74, 6) is 1.01. The maximum absolute atomic E-state index is 13.5. The van der Waals surface area contributed by atoms with Gasteiger partial charge in [0.15, 0.2) is 17.3 Å². The average molecular weight is 483 g/mol. The Morgan fingerprint density at radius 2 is 1.91 bits per heavy atom. The normalized spacial score (nSPS) is 14.5. The van der Waals surface area contributed by atoms with Crippen molar-refractivity contribution in [2.45, 2.75) is 44.2 Å². The van der Waals surface area contributed by atoms with Gasteiger partial charge in [-0.3, -0.25) is 9.59 Å². The van der Waals surface area contributed by atoms with E-state index in [0.717, 1.165) is 36.1 Å². The molecule has 8 heteroatoms. The minimum absolute atomic E-state index is 0.151. The number of nitrogens with zero attached hydrogens (tertiary/aromatic N) is 1. The van der Waals surface area contributed by atoms with Crippen molar-refractivity contribution in [3.8, 4) is 11.5 Å². The number of carbonyl (C=O) groups is 2. The smallest absolute Gasteiger partial charge is 0.290 e. The Labute approximate surface area is 203 Å². The summed E-state index contributed by atoms with van der Waals surface area (Å²) < 4.78 is 16.2. The molecule has 2 heterocycles. The Morgan fingerprint density at radius 1 is 1.12 bits per heavy atom. The second kappa shape index (κ2) is 11.2. The summed E-state index contributed by atoms with van der Waals surface area (Å²) >= 11 is 1.47. The maximum atomic E-state index is 13.5. The lowest BCUT2D eigenvalue weighted by Crippen LogP contribution is -2.46. The molecule has 34 heavy (non-hydrogen) atoms. The van der Waals surface area contributed by atoms with E-state index in [2.05, 4.69) is 5.32 Å². The topological polar surface area (TPSA) is 81.0 Å². The third-order valence-electron chi connectivity index (χ3n) is 6.16. The maximum Gasteiger partial charge on any atom is 0.290 e. The van der Waals surface area contributed by atoms with Crippen molar-refractivity contribution in [2.75, 3.05) is 20.8 Å². The molecular weight excluding hydrogens is 452 g/mol. The van der Waals surface area contributed by atoms with E-state index in [0.29, 0.717) is 24.5 Å². The zero-order valence-electron chi connectivity index (χ0n) is 19.5. The van der Waals surface area contributed by atoms with E-state index in [1.165, 1.54) is 17.6 Å². The van der Waals surface area contributed by atoms with Gasteiger partial charge in [0, 0.05) is 17.5 Å². The van der Waals surface area contributed by atoms with E-state index in [9.17, 15) is 9.59 Å². The molecule has 4 rings (SSSR count). The molecule has 1 N–H and O–H groups in total. The molecule has 1 aromatic carbocycles. The van der Waals surface area contributed by atoms with Gasteiger partial charge < -0.3 is 24.1 Å². The number of benzene rings is 1. The van der Waals surface area contributed by atoms with Crippen LogP contribution < -0.4 is 14.8 Å². The van der Waals surface area contributed by atoms with Gasteiger partial charge >= 0.3 is 0 Å². The first-order valence-electron chi connectivity index (χ1n) is 11.5. The van der Waals surface area contributed by atoms with Crippen LogP contribution in [0.4, 0.5) is 0 Å². The van der Waals surface area contributed by atoms with Crippen LogP contribution in [-0.4, -0.2) is 43.5 Å². The molecule has 1 aliphatic rings. The van der Waals surface area contributed by atoms with Gasteiger partial charge in [0.05, 0.1) is 20.5 Å². The fourth-order valence-corrected chi connectivity index (χ4v) is 5.23. The van der Waals surface area contributed by atoms with Crippen molar-refractivity contribution in [3.05, 3.63) is 70.3 Å². The number of rotatable bonds is 10. The lowest BCUT2D eigenvalue weighted by Gasteiger charge is -2.31. The van der Waals surface area contributed by atoms with Crippen molar-refractivity contribution in [2.24, 2.45) is 0 Å². The zero-order valence-corrected chi connectivity index (χ0v) is 20.3. The Morgan fingerprint density at radius 3 is 2.56 bits per heavy atom. The molecule has 0 radical (unpaired) electrons. The van der Waals surface area contributed by atoms with Gasteiger partial charge in [-0.2, -0.15) is 0 Å². The van der Waals surface area contributed by atoms with E-state index in [1.807, 2.05) is 35.7 Å². The summed E-state index contributed by atoms with van der Waals surface area (Å²) in [6.45, 7) is 0.329. The molecule has 0 aliphatic heterocycles. The van der Waals surface area contributed by atoms with Crippen molar-refractivity contribution in [3.63, 3.8) is 0 Å². The second-order valence-corrected chi connectivity index (χ2v) is 9.30. The van der Waals surface area contributed by atoms with Gasteiger partial charge in [-0.05, 0) is 60.5 Å². The molecule has 2 aromatic heterocycles. The number of nitrogens with one attached hydrogen (secondary N) is 1. The molecule has 3 aromatic rings. The predicted molar refractivity (Wildman–Crippen MR) is 130 cm³/mol. The number of thiophene rings is 1. The number of amides is 2. The van der Waals surface area contributed by atoms with Crippen LogP contribution in [0.1, 0.15) is 52.7 Å². The monoisotopic (exact) mass is 482 g/mol.